The van der Waals surface area contributed by atoms with Gasteiger partial charge in [-0.2, -0.15) is 0 Å². The summed E-state index contributed by atoms with van der Waals surface area (Å²) in [5.74, 6) is 0.251. The molecule has 17 heavy (non-hydrogen) atoms. The molecule has 0 aliphatic carbocycles. The fourth-order valence-corrected chi connectivity index (χ4v) is 1.48. The van der Waals surface area contributed by atoms with Gasteiger partial charge in [-0.1, -0.05) is 0 Å². The lowest BCUT2D eigenvalue weighted by molar-refractivity contribution is -0.140. The highest BCUT2D eigenvalue weighted by Crippen LogP contribution is 2.11. The van der Waals surface area contributed by atoms with Crippen molar-refractivity contribution < 1.29 is 18.7 Å². The van der Waals surface area contributed by atoms with Crippen LogP contribution in [0, 0.1) is 6.92 Å². The van der Waals surface area contributed by atoms with E-state index in [2.05, 4.69) is 4.74 Å². The molecule has 1 aromatic heterocycles. The number of hydrogen-bond donors (Lipinski definition) is 0. The Bertz CT molecular complexity index is 397. The Kier molecular flexibility index (Phi) is 4.75. The van der Waals surface area contributed by atoms with Crippen LogP contribution in [0.15, 0.2) is 16.7 Å². The predicted molar refractivity (Wildman–Crippen MR) is 61.7 cm³/mol. The van der Waals surface area contributed by atoms with Gasteiger partial charge in [-0.15, -0.1) is 0 Å². The Morgan fingerprint density at radius 1 is 1.47 bits per heavy atom. The van der Waals surface area contributed by atoms with Gasteiger partial charge in [-0.05, 0) is 19.4 Å². The van der Waals surface area contributed by atoms with Crippen LogP contribution in [-0.2, 0) is 9.53 Å². The Hall–Kier alpha value is -1.78. The molecule has 5 nitrogen and oxygen atoms in total. The number of furan rings is 1. The molecule has 0 N–H and O–H groups in total. The van der Waals surface area contributed by atoms with Crippen molar-refractivity contribution in [1.29, 1.82) is 0 Å². The van der Waals surface area contributed by atoms with Gasteiger partial charge in [-0.3, -0.25) is 9.59 Å². The summed E-state index contributed by atoms with van der Waals surface area (Å²) in [5.41, 5.74) is 0.561. The summed E-state index contributed by atoms with van der Waals surface area (Å²) < 4.78 is 9.60. The minimum atomic E-state index is -0.259. The number of carbonyl (C=O) groups excluding carboxylic acids is 2. The fraction of sp³-hybridized carbons (Fsp3) is 0.500. The predicted octanol–water partition coefficient (Wildman–Crippen LogP) is 1.61. The largest absolute Gasteiger partial charge is 0.469 e. The molecule has 0 saturated heterocycles. The van der Waals surface area contributed by atoms with Gasteiger partial charge in [0.05, 0.1) is 18.9 Å². The van der Waals surface area contributed by atoms with Crippen LogP contribution in [0.25, 0.3) is 0 Å². The Morgan fingerprint density at radius 3 is 2.71 bits per heavy atom. The average molecular weight is 239 g/mol. The Labute approximate surface area is 100 Å². The summed E-state index contributed by atoms with van der Waals surface area (Å²) in [6.07, 6.45) is 2.40. The van der Waals surface area contributed by atoms with Crippen LogP contribution < -0.4 is 0 Å². The molecule has 1 amide bonds. The number of methoxy groups -OCH3 is 1. The zero-order valence-corrected chi connectivity index (χ0v) is 10.4. The van der Waals surface area contributed by atoms with Crippen molar-refractivity contribution in [2.75, 3.05) is 20.7 Å². The van der Waals surface area contributed by atoms with Crippen LogP contribution >= 0.6 is 0 Å². The quantitative estimate of drug-likeness (QED) is 0.732. The van der Waals surface area contributed by atoms with E-state index in [1.54, 1.807) is 24.9 Å². The van der Waals surface area contributed by atoms with Crippen molar-refractivity contribution >= 4 is 11.9 Å². The summed E-state index contributed by atoms with van der Waals surface area (Å²) in [6.45, 7) is 2.26. The molecule has 0 atom stereocenters. The van der Waals surface area contributed by atoms with E-state index >= 15 is 0 Å². The molecule has 0 fully saturated rings. The summed E-state index contributed by atoms with van der Waals surface area (Å²) in [7, 11) is 3.05. The van der Waals surface area contributed by atoms with Gasteiger partial charge in [0, 0.05) is 20.0 Å². The third-order valence-electron chi connectivity index (χ3n) is 2.54. The van der Waals surface area contributed by atoms with Gasteiger partial charge in [-0.25, -0.2) is 0 Å². The highest BCUT2D eigenvalue weighted by Gasteiger charge is 2.15. The third kappa shape index (κ3) is 3.62. The number of carbonyl (C=O) groups is 2. The number of esters is 1. The van der Waals surface area contributed by atoms with Crippen molar-refractivity contribution in [3.8, 4) is 0 Å². The second kappa shape index (κ2) is 6.08. The van der Waals surface area contributed by atoms with E-state index in [1.165, 1.54) is 13.4 Å². The Balaban J connectivity index is 2.43. The fourth-order valence-electron chi connectivity index (χ4n) is 1.48. The lowest BCUT2D eigenvalue weighted by atomic mass is 10.2. The number of nitrogens with zero attached hydrogens (tertiary/aromatic N) is 1. The van der Waals surface area contributed by atoms with Gasteiger partial charge in [0.15, 0.2) is 0 Å². The maximum atomic E-state index is 11.9. The SMILES string of the molecule is COC(=O)CCCN(C)C(=O)c1ccoc1C. The zero-order valence-electron chi connectivity index (χ0n) is 10.4. The van der Waals surface area contributed by atoms with Crippen molar-refractivity contribution in [2.24, 2.45) is 0 Å². The first-order valence-corrected chi connectivity index (χ1v) is 5.42. The molecule has 0 saturated carbocycles. The maximum Gasteiger partial charge on any atom is 0.305 e. The summed E-state index contributed by atoms with van der Waals surface area (Å²) in [4.78, 5) is 24.4. The van der Waals surface area contributed by atoms with Gasteiger partial charge < -0.3 is 14.1 Å². The van der Waals surface area contributed by atoms with Gasteiger partial charge in [0.1, 0.15) is 5.76 Å². The van der Waals surface area contributed by atoms with Crippen molar-refractivity contribution in [1.82, 2.24) is 4.90 Å². The smallest absolute Gasteiger partial charge is 0.305 e. The van der Waals surface area contributed by atoms with Crippen LogP contribution in [0.5, 0.6) is 0 Å². The monoisotopic (exact) mass is 239 g/mol. The molecule has 1 aromatic rings. The van der Waals surface area contributed by atoms with E-state index in [1.807, 2.05) is 0 Å². The van der Waals surface area contributed by atoms with E-state index < -0.39 is 0 Å². The number of rotatable bonds is 5. The highest BCUT2D eigenvalue weighted by atomic mass is 16.5. The van der Waals surface area contributed by atoms with E-state index in [0.717, 1.165) is 0 Å². The summed E-state index contributed by atoms with van der Waals surface area (Å²) in [6, 6.07) is 1.65. The topological polar surface area (TPSA) is 59.8 Å². The first kappa shape index (κ1) is 13.3. The maximum absolute atomic E-state index is 11.9. The molecule has 94 valence electrons. The van der Waals surface area contributed by atoms with E-state index in [-0.39, 0.29) is 11.9 Å². The number of aryl methyl sites for hydroxylation is 1. The Morgan fingerprint density at radius 2 is 2.18 bits per heavy atom. The normalized spacial score (nSPS) is 10.1. The molecule has 1 heterocycles. The third-order valence-corrected chi connectivity index (χ3v) is 2.54. The number of ether oxygens (including phenoxy) is 1. The van der Waals surface area contributed by atoms with Crippen LogP contribution in [0.2, 0.25) is 0 Å². The van der Waals surface area contributed by atoms with Gasteiger partial charge >= 0.3 is 5.97 Å². The number of amides is 1. The lowest BCUT2D eigenvalue weighted by Crippen LogP contribution is -2.28. The van der Waals surface area contributed by atoms with Crippen LogP contribution in [0.1, 0.15) is 29.0 Å². The standard InChI is InChI=1S/C12H17NO4/c1-9-10(6-8-17-9)12(15)13(2)7-4-5-11(14)16-3/h6,8H,4-5,7H2,1-3H3. The molecular formula is C12H17NO4. The highest BCUT2D eigenvalue weighted by molar-refractivity contribution is 5.94. The molecule has 0 unspecified atom stereocenters. The van der Waals surface area contributed by atoms with E-state index in [4.69, 9.17) is 4.42 Å². The molecule has 0 bridgehead atoms. The number of hydrogen-bond acceptors (Lipinski definition) is 4. The van der Waals surface area contributed by atoms with Gasteiger partial charge in [0.25, 0.3) is 5.91 Å². The second-order valence-electron chi connectivity index (χ2n) is 3.80. The molecule has 0 aliphatic heterocycles. The molecule has 0 radical (unpaired) electrons. The van der Waals surface area contributed by atoms with Crippen LogP contribution in [-0.4, -0.2) is 37.5 Å². The molecule has 0 aromatic carbocycles. The van der Waals surface area contributed by atoms with Crippen LogP contribution in [0.3, 0.4) is 0 Å². The molecule has 5 heteroatoms. The minimum absolute atomic E-state index is 0.0962. The molecule has 0 aliphatic rings. The van der Waals surface area contributed by atoms with E-state index in [0.29, 0.717) is 30.7 Å². The zero-order chi connectivity index (χ0) is 12.8. The van der Waals surface area contributed by atoms with E-state index in [9.17, 15) is 9.59 Å². The molecule has 0 spiro atoms. The summed E-state index contributed by atoms with van der Waals surface area (Å²) in [5, 5.41) is 0. The second-order valence-corrected chi connectivity index (χ2v) is 3.80. The lowest BCUT2D eigenvalue weighted by Gasteiger charge is -2.16. The minimum Gasteiger partial charge on any atom is -0.469 e. The average Bonchev–Trinajstić information content (AvgIpc) is 2.74. The summed E-state index contributed by atoms with van der Waals surface area (Å²) >= 11 is 0. The molecule has 1 rings (SSSR count). The first-order valence-electron chi connectivity index (χ1n) is 5.42. The van der Waals surface area contributed by atoms with Crippen molar-refractivity contribution in [3.63, 3.8) is 0 Å². The van der Waals surface area contributed by atoms with Crippen molar-refractivity contribution in [2.45, 2.75) is 19.8 Å². The molecular weight excluding hydrogens is 222 g/mol. The van der Waals surface area contributed by atoms with Crippen LogP contribution in [0.4, 0.5) is 0 Å². The van der Waals surface area contributed by atoms with Crippen molar-refractivity contribution in [3.05, 3.63) is 23.7 Å². The first-order chi connectivity index (χ1) is 8.06. The van der Waals surface area contributed by atoms with Gasteiger partial charge in [0.2, 0.25) is 0 Å².